The molecule has 30 heavy (non-hydrogen) atoms. The van der Waals surface area contributed by atoms with Gasteiger partial charge in [0.1, 0.15) is 5.57 Å². The highest BCUT2D eigenvalue weighted by Crippen LogP contribution is 2.47. The average molecular weight is 439 g/mol. The Balaban J connectivity index is 2.96. The SMILES string of the molecule is COC(=O)C1=Cc2ccccc2[C@@H](C(C(=O)OC)C(=O)OC)[C@@](Cl)(C(=O)OC)C1=O. The number of alkyl halides is 1. The molecule has 2 atom stereocenters. The number of benzene rings is 1. The van der Waals surface area contributed by atoms with E-state index in [1.807, 2.05) is 0 Å². The predicted molar refractivity (Wildman–Crippen MR) is 102 cm³/mol. The second-order valence-corrected chi connectivity index (χ2v) is 6.81. The minimum atomic E-state index is -2.67. The van der Waals surface area contributed by atoms with E-state index in [4.69, 9.17) is 25.8 Å². The molecular formula is C20H19ClO9. The highest BCUT2D eigenvalue weighted by molar-refractivity contribution is 6.52. The summed E-state index contributed by atoms with van der Waals surface area (Å²) >= 11 is 6.58. The van der Waals surface area contributed by atoms with Crippen LogP contribution in [0, 0.1) is 5.92 Å². The molecule has 1 aromatic rings. The zero-order valence-corrected chi connectivity index (χ0v) is 17.3. The number of methoxy groups -OCH3 is 4. The second-order valence-electron chi connectivity index (χ2n) is 6.21. The van der Waals surface area contributed by atoms with Gasteiger partial charge in [0.15, 0.2) is 5.92 Å². The van der Waals surface area contributed by atoms with Gasteiger partial charge in [-0.05, 0) is 17.2 Å². The lowest BCUT2D eigenvalue weighted by Crippen LogP contribution is -2.53. The smallest absolute Gasteiger partial charge is 0.341 e. The maximum Gasteiger partial charge on any atom is 0.341 e. The minimum Gasteiger partial charge on any atom is -0.468 e. The second kappa shape index (κ2) is 9.08. The highest BCUT2D eigenvalue weighted by atomic mass is 35.5. The van der Waals surface area contributed by atoms with Gasteiger partial charge >= 0.3 is 23.9 Å². The van der Waals surface area contributed by atoms with Crippen molar-refractivity contribution >= 4 is 47.3 Å². The lowest BCUT2D eigenvalue weighted by atomic mass is 9.73. The normalized spacial score (nSPS) is 20.4. The third kappa shape index (κ3) is 3.68. The van der Waals surface area contributed by atoms with E-state index in [9.17, 15) is 24.0 Å². The van der Waals surface area contributed by atoms with Crippen LogP contribution < -0.4 is 0 Å². The molecule has 0 aliphatic heterocycles. The van der Waals surface area contributed by atoms with Gasteiger partial charge in [-0.2, -0.15) is 0 Å². The largest absolute Gasteiger partial charge is 0.468 e. The van der Waals surface area contributed by atoms with Crippen molar-refractivity contribution in [3.8, 4) is 0 Å². The van der Waals surface area contributed by atoms with Crippen LogP contribution in [0.1, 0.15) is 17.0 Å². The summed E-state index contributed by atoms with van der Waals surface area (Å²) in [5.74, 6) is -9.14. The third-order valence-electron chi connectivity index (χ3n) is 4.77. The molecule has 1 aliphatic rings. The number of Topliss-reactive ketones (excluding diaryl/α,β-unsaturated/α-hetero) is 1. The number of hydrogen-bond acceptors (Lipinski definition) is 9. The van der Waals surface area contributed by atoms with E-state index in [0.29, 0.717) is 0 Å². The van der Waals surface area contributed by atoms with Crippen LogP contribution in [0.3, 0.4) is 0 Å². The molecule has 10 heteroatoms. The van der Waals surface area contributed by atoms with Crippen molar-refractivity contribution in [1.29, 1.82) is 0 Å². The molecule has 0 spiro atoms. The molecular weight excluding hydrogens is 420 g/mol. The van der Waals surface area contributed by atoms with E-state index in [0.717, 1.165) is 28.4 Å². The van der Waals surface area contributed by atoms with Crippen LogP contribution in [0.4, 0.5) is 0 Å². The molecule has 0 amide bonds. The van der Waals surface area contributed by atoms with E-state index in [-0.39, 0.29) is 11.1 Å². The number of fused-ring (bicyclic) bond motifs is 1. The Bertz CT molecular complexity index is 920. The summed E-state index contributed by atoms with van der Waals surface area (Å²) < 4.78 is 18.8. The number of carbonyl (C=O) groups is 5. The van der Waals surface area contributed by atoms with Crippen LogP contribution in [-0.2, 0) is 42.9 Å². The first-order valence-electron chi connectivity index (χ1n) is 8.55. The summed E-state index contributed by atoms with van der Waals surface area (Å²) in [5.41, 5.74) is -0.132. The van der Waals surface area contributed by atoms with Crippen molar-refractivity contribution in [3.05, 3.63) is 41.0 Å². The van der Waals surface area contributed by atoms with Crippen LogP contribution in [-0.4, -0.2) is 63.0 Å². The van der Waals surface area contributed by atoms with Gasteiger partial charge in [-0.1, -0.05) is 35.9 Å². The van der Waals surface area contributed by atoms with Gasteiger partial charge in [0.05, 0.1) is 28.4 Å². The monoisotopic (exact) mass is 438 g/mol. The van der Waals surface area contributed by atoms with Crippen molar-refractivity contribution in [2.75, 3.05) is 28.4 Å². The van der Waals surface area contributed by atoms with Crippen molar-refractivity contribution in [2.24, 2.45) is 5.92 Å². The summed E-state index contributed by atoms with van der Waals surface area (Å²) in [5, 5.41) is 0. The fraction of sp³-hybridized carbons (Fsp3) is 0.350. The molecule has 1 aliphatic carbocycles. The Hall–Kier alpha value is -3.20. The van der Waals surface area contributed by atoms with Crippen molar-refractivity contribution in [1.82, 2.24) is 0 Å². The fourth-order valence-electron chi connectivity index (χ4n) is 3.36. The predicted octanol–water partition coefficient (Wildman–Crippen LogP) is 1.02. The minimum absolute atomic E-state index is 0.158. The number of halogens is 1. The van der Waals surface area contributed by atoms with E-state index in [1.165, 1.54) is 18.2 Å². The fourth-order valence-corrected chi connectivity index (χ4v) is 3.78. The Morgan fingerprint density at radius 1 is 0.933 bits per heavy atom. The Kier molecular flexibility index (Phi) is 6.99. The molecule has 2 rings (SSSR count). The first-order chi connectivity index (χ1) is 14.2. The van der Waals surface area contributed by atoms with Crippen LogP contribution in [0.25, 0.3) is 6.08 Å². The van der Waals surface area contributed by atoms with Crippen LogP contribution in [0.15, 0.2) is 29.8 Å². The maximum absolute atomic E-state index is 13.4. The Labute approximate surface area is 176 Å². The van der Waals surface area contributed by atoms with E-state index < -0.39 is 51.9 Å². The number of rotatable bonds is 5. The standard InChI is InChI=1S/C20H19ClO9/c1-27-16(23)12-9-10-7-5-6-8-11(10)14(13(17(24)28-2)18(25)29-3)20(21,15(12)22)19(26)30-4/h5-9,13-14H,1-4H3/t14-,20-/m0/s1. The zero-order chi connectivity index (χ0) is 22.6. The molecule has 1 aromatic carbocycles. The van der Waals surface area contributed by atoms with E-state index in [2.05, 4.69) is 4.74 Å². The van der Waals surface area contributed by atoms with Crippen LogP contribution in [0.2, 0.25) is 0 Å². The molecule has 9 nitrogen and oxygen atoms in total. The summed E-state index contributed by atoms with van der Waals surface area (Å²) in [6.07, 6.45) is 1.18. The molecule has 0 saturated heterocycles. The van der Waals surface area contributed by atoms with E-state index in [1.54, 1.807) is 12.1 Å². The molecule has 0 N–H and O–H groups in total. The topological polar surface area (TPSA) is 122 Å². The Morgan fingerprint density at radius 2 is 1.50 bits per heavy atom. The van der Waals surface area contributed by atoms with Gasteiger partial charge in [-0.25, -0.2) is 9.59 Å². The summed E-state index contributed by atoms with van der Waals surface area (Å²) in [6, 6.07) is 6.12. The zero-order valence-electron chi connectivity index (χ0n) is 16.6. The quantitative estimate of drug-likeness (QED) is 0.218. The lowest BCUT2D eigenvalue weighted by molar-refractivity contribution is -0.161. The molecule has 0 aromatic heterocycles. The molecule has 0 radical (unpaired) electrons. The number of ketones is 1. The number of esters is 4. The molecule has 0 fully saturated rings. The molecule has 0 unspecified atom stereocenters. The first-order valence-corrected chi connectivity index (χ1v) is 8.93. The summed E-state index contributed by atoms with van der Waals surface area (Å²) in [6.45, 7) is 0. The molecule has 160 valence electrons. The van der Waals surface area contributed by atoms with Crippen molar-refractivity contribution in [2.45, 2.75) is 10.8 Å². The van der Waals surface area contributed by atoms with Gasteiger partial charge in [0.25, 0.3) is 0 Å². The number of ether oxygens (including phenoxy) is 4. The molecule has 0 saturated carbocycles. The molecule has 0 heterocycles. The number of carbonyl (C=O) groups excluding carboxylic acids is 5. The summed E-state index contributed by atoms with van der Waals surface area (Å²) in [7, 11) is 4.06. The van der Waals surface area contributed by atoms with Gasteiger partial charge in [0, 0.05) is 5.92 Å². The molecule has 0 bridgehead atoms. The average Bonchev–Trinajstić information content (AvgIpc) is 2.86. The van der Waals surface area contributed by atoms with Gasteiger partial charge in [-0.15, -0.1) is 0 Å². The highest BCUT2D eigenvalue weighted by Gasteiger charge is 2.61. The first kappa shape index (κ1) is 23.1. The number of hydrogen-bond donors (Lipinski definition) is 0. The van der Waals surface area contributed by atoms with Gasteiger partial charge in [0.2, 0.25) is 10.7 Å². The summed E-state index contributed by atoms with van der Waals surface area (Å²) in [4.78, 5) is 60.9. The van der Waals surface area contributed by atoms with Crippen LogP contribution in [0.5, 0.6) is 0 Å². The van der Waals surface area contributed by atoms with E-state index >= 15 is 0 Å². The maximum atomic E-state index is 13.4. The van der Waals surface area contributed by atoms with Gasteiger partial charge in [-0.3, -0.25) is 14.4 Å². The Morgan fingerprint density at radius 3 is 2.00 bits per heavy atom. The van der Waals surface area contributed by atoms with Crippen molar-refractivity contribution < 1.29 is 42.9 Å². The third-order valence-corrected chi connectivity index (χ3v) is 5.33. The lowest BCUT2D eigenvalue weighted by Gasteiger charge is -2.34. The van der Waals surface area contributed by atoms with Crippen molar-refractivity contribution in [3.63, 3.8) is 0 Å². The van der Waals surface area contributed by atoms with Gasteiger partial charge < -0.3 is 18.9 Å². The van der Waals surface area contributed by atoms with Crippen LogP contribution >= 0.6 is 11.6 Å².